The van der Waals surface area contributed by atoms with Crippen molar-refractivity contribution in [3.8, 4) is 66.5 Å². The maximum atomic E-state index is 5.29. The Kier molecular flexibility index (Phi) is 8.58. The highest BCUT2D eigenvalue weighted by Crippen LogP contribution is 2.41. The van der Waals surface area contributed by atoms with Gasteiger partial charge >= 0.3 is 0 Å². The summed E-state index contributed by atoms with van der Waals surface area (Å²) in [7, 11) is 0. The first-order chi connectivity index (χ1) is 27.6. The minimum absolute atomic E-state index is 0.513. The molecule has 0 bridgehead atoms. The molecular formula is C53H38N2S. The molecule has 56 heavy (non-hydrogen) atoms. The van der Waals surface area contributed by atoms with Gasteiger partial charge in [-0.1, -0.05) is 178 Å². The second kappa shape index (κ2) is 14.2. The van der Waals surface area contributed by atoms with Gasteiger partial charge in [-0.05, 0) is 85.3 Å². The van der Waals surface area contributed by atoms with E-state index in [1.165, 1.54) is 59.8 Å². The van der Waals surface area contributed by atoms with E-state index in [0.717, 1.165) is 44.0 Å². The van der Waals surface area contributed by atoms with E-state index < -0.39 is 0 Å². The Morgan fingerprint density at radius 1 is 0.429 bits per heavy atom. The largest absolute Gasteiger partial charge is 0.247 e. The maximum absolute atomic E-state index is 5.29. The predicted octanol–water partition coefficient (Wildman–Crippen LogP) is 15.1. The molecule has 0 amide bonds. The highest BCUT2D eigenvalue weighted by atomic mass is 32.1. The molecule has 2 nitrogen and oxygen atoms in total. The number of nitrogens with zero attached hydrogens (tertiary/aromatic N) is 2. The van der Waals surface area contributed by atoms with Gasteiger partial charge in [-0.15, -0.1) is 11.3 Å². The van der Waals surface area contributed by atoms with Crippen molar-refractivity contribution >= 4 is 43.1 Å². The lowest BCUT2D eigenvalue weighted by Gasteiger charge is -2.16. The summed E-state index contributed by atoms with van der Waals surface area (Å²) in [5.41, 5.74) is 14.9. The lowest BCUT2D eigenvalue weighted by atomic mass is 9.88. The molecule has 0 spiro atoms. The van der Waals surface area contributed by atoms with Crippen LogP contribution in [-0.2, 0) is 0 Å². The summed E-state index contributed by atoms with van der Waals surface area (Å²) in [5, 5.41) is 5.84. The van der Waals surface area contributed by atoms with E-state index in [1.54, 1.807) is 11.3 Å². The van der Waals surface area contributed by atoms with Crippen LogP contribution in [0.2, 0.25) is 0 Å². The fourth-order valence-electron chi connectivity index (χ4n) is 7.90. The number of aromatic nitrogens is 2. The molecule has 0 unspecified atom stereocenters. The standard InChI is InChI=1S/C53H38N2S/c1-34(2)35-19-25-40(26-20-35)53-55-48-30-28-41(33-50(48)56-53)36-21-23-39(24-22-36)51-45-17-8-6-11-37(45)27-29-46(51)42-15-10-16-44(31-42)52-47-18-9-7-14-43(47)32-49(54-52)38-12-4-3-5-13-38/h3-34H,1-2H3. The molecule has 0 saturated heterocycles. The third kappa shape index (κ3) is 6.26. The monoisotopic (exact) mass is 734 g/mol. The number of pyridine rings is 1. The van der Waals surface area contributed by atoms with Crippen LogP contribution in [0.15, 0.2) is 188 Å². The number of thiazole rings is 1. The van der Waals surface area contributed by atoms with Crippen molar-refractivity contribution in [2.75, 3.05) is 0 Å². The molecule has 10 aromatic rings. The molecule has 10 rings (SSSR count). The van der Waals surface area contributed by atoms with Gasteiger partial charge in [0.1, 0.15) is 5.01 Å². The molecule has 0 N–H and O–H groups in total. The zero-order valence-corrected chi connectivity index (χ0v) is 32.1. The first-order valence-electron chi connectivity index (χ1n) is 19.3. The van der Waals surface area contributed by atoms with Gasteiger partial charge in [0.05, 0.1) is 21.6 Å². The third-order valence-electron chi connectivity index (χ3n) is 10.9. The Hall–Kier alpha value is -6.68. The average Bonchev–Trinajstić information content (AvgIpc) is 3.70. The first kappa shape index (κ1) is 33.9. The fourth-order valence-corrected chi connectivity index (χ4v) is 8.91. The zero-order chi connectivity index (χ0) is 37.6. The summed E-state index contributed by atoms with van der Waals surface area (Å²) >= 11 is 1.76. The van der Waals surface area contributed by atoms with Gasteiger partial charge in [0.2, 0.25) is 0 Å². The smallest absolute Gasteiger partial charge is 0.124 e. The molecule has 0 radical (unpaired) electrons. The minimum atomic E-state index is 0.513. The fraction of sp³-hybridized carbons (Fsp3) is 0.0566. The van der Waals surface area contributed by atoms with Gasteiger partial charge in [-0.25, -0.2) is 9.97 Å². The van der Waals surface area contributed by atoms with Gasteiger partial charge in [0.25, 0.3) is 0 Å². The zero-order valence-electron chi connectivity index (χ0n) is 31.3. The highest BCUT2D eigenvalue weighted by molar-refractivity contribution is 7.21. The SMILES string of the molecule is CC(C)c1ccc(-c2nc3ccc(-c4ccc(-c5c(-c6cccc(-c7nc(-c8ccccc8)cc8ccccc78)c6)ccc6ccccc56)cc4)cc3s2)cc1. The molecule has 0 fully saturated rings. The molecule has 8 aromatic carbocycles. The van der Waals surface area contributed by atoms with E-state index in [2.05, 4.69) is 196 Å². The number of hydrogen-bond donors (Lipinski definition) is 0. The van der Waals surface area contributed by atoms with Crippen LogP contribution in [0.4, 0.5) is 0 Å². The Morgan fingerprint density at radius 2 is 1.09 bits per heavy atom. The van der Waals surface area contributed by atoms with Crippen LogP contribution in [-0.4, -0.2) is 9.97 Å². The Bertz CT molecular complexity index is 3030. The summed E-state index contributed by atoms with van der Waals surface area (Å²) in [6.07, 6.45) is 0. The second-order valence-corrected chi connectivity index (χ2v) is 15.8. The van der Waals surface area contributed by atoms with Crippen LogP contribution in [0.1, 0.15) is 25.3 Å². The van der Waals surface area contributed by atoms with Crippen molar-refractivity contribution in [3.63, 3.8) is 0 Å². The van der Waals surface area contributed by atoms with Crippen molar-refractivity contribution in [1.82, 2.24) is 9.97 Å². The van der Waals surface area contributed by atoms with E-state index in [-0.39, 0.29) is 0 Å². The van der Waals surface area contributed by atoms with Gasteiger partial charge < -0.3 is 0 Å². The normalized spacial score (nSPS) is 11.6. The van der Waals surface area contributed by atoms with Crippen LogP contribution in [0.5, 0.6) is 0 Å². The van der Waals surface area contributed by atoms with Gasteiger partial charge in [0, 0.05) is 22.1 Å². The van der Waals surface area contributed by atoms with Crippen LogP contribution in [0.3, 0.4) is 0 Å². The molecule has 0 saturated carbocycles. The van der Waals surface area contributed by atoms with Gasteiger partial charge in [-0.3, -0.25) is 0 Å². The van der Waals surface area contributed by atoms with Gasteiger partial charge in [-0.2, -0.15) is 0 Å². The average molecular weight is 735 g/mol. The summed E-state index contributed by atoms with van der Waals surface area (Å²) < 4.78 is 1.20. The van der Waals surface area contributed by atoms with Crippen molar-refractivity contribution in [2.45, 2.75) is 19.8 Å². The topological polar surface area (TPSA) is 25.8 Å². The predicted molar refractivity (Wildman–Crippen MR) is 239 cm³/mol. The van der Waals surface area contributed by atoms with Crippen LogP contribution in [0, 0.1) is 0 Å². The lowest BCUT2D eigenvalue weighted by molar-refractivity contribution is 0.867. The Balaban J connectivity index is 1.04. The van der Waals surface area contributed by atoms with E-state index >= 15 is 0 Å². The molecular weight excluding hydrogens is 697 g/mol. The molecule has 2 heterocycles. The van der Waals surface area contributed by atoms with E-state index in [1.807, 2.05) is 6.07 Å². The molecule has 0 aliphatic rings. The minimum Gasteiger partial charge on any atom is -0.247 e. The van der Waals surface area contributed by atoms with Gasteiger partial charge in [0.15, 0.2) is 0 Å². The summed E-state index contributed by atoms with van der Waals surface area (Å²) in [6, 6.07) is 67.9. The maximum Gasteiger partial charge on any atom is 0.124 e. The van der Waals surface area contributed by atoms with Crippen molar-refractivity contribution in [1.29, 1.82) is 0 Å². The lowest BCUT2D eigenvalue weighted by Crippen LogP contribution is -1.92. The first-order valence-corrected chi connectivity index (χ1v) is 20.1. The number of fused-ring (bicyclic) bond motifs is 3. The number of benzene rings is 8. The van der Waals surface area contributed by atoms with E-state index in [9.17, 15) is 0 Å². The molecule has 0 aliphatic carbocycles. The van der Waals surface area contributed by atoms with Crippen molar-refractivity contribution in [2.24, 2.45) is 0 Å². The van der Waals surface area contributed by atoms with Crippen molar-refractivity contribution in [3.05, 3.63) is 194 Å². The van der Waals surface area contributed by atoms with Crippen molar-refractivity contribution < 1.29 is 0 Å². The number of hydrogen-bond acceptors (Lipinski definition) is 3. The molecule has 3 heteroatoms. The van der Waals surface area contributed by atoms with E-state index in [0.29, 0.717) is 5.92 Å². The second-order valence-electron chi connectivity index (χ2n) is 14.8. The quantitative estimate of drug-likeness (QED) is 0.163. The molecule has 266 valence electrons. The highest BCUT2D eigenvalue weighted by Gasteiger charge is 2.16. The molecule has 0 aliphatic heterocycles. The van der Waals surface area contributed by atoms with E-state index in [4.69, 9.17) is 9.97 Å². The summed E-state index contributed by atoms with van der Waals surface area (Å²) in [6.45, 7) is 4.46. The third-order valence-corrected chi connectivity index (χ3v) is 12.0. The summed E-state index contributed by atoms with van der Waals surface area (Å²) in [4.78, 5) is 10.3. The van der Waals surface area contributed by atoms with Crippen LogP contribution < -0.4 is 0 Å². The molecule has 0 atom stereocenters. The Labute approximate surface area is 331 Å². The van der Waals surface area contributed by atoms with Crippen LogP contribution >= 0.6 is 11.3 Å². The number of rotatable bonds is 7. The molecule has 2 aromatic heterocycles. The summed E-state index contributed by atoms with van der Waals surface area (Å²) in [5.74, 6) is 0.513. The Morgan fingerprint density at radius 3 is 1.89 bits per heavy atom. The van der Waals surface area contributed by atoms with Crippen LogP contribution in [0.25, 0.3) is 98.2 Å².